The Morgan fingerprint density at radius 1 is 1.33 bits per heavy atom. The molecule has 1 unspecified atom stereocenters. The first-order chi connectivity index (χ1) is 10.0. The van der Waals surface area contributed by atoms with E-state index in [1.807, 2.05) is 7.05 Å². The third-order valence-electron chi connectivity index (χ3n) is 3.38. The molecule has 1 aromatic carbocycles. The number of anilines is 1. The van der Waals surface area contributed by atoms with Crippen molar-refractivity contribution < 1.29 is 14.3 Å². The predicted octanol–water partition coefficient (Wildman–Crippen LogP) is 1.34. The third-order valence-corrected chi connectivity index (χ3v) is 3.38. The van der Waals surface area contributed by atoms with Crippen LogP contribution in [-0.4, -0.2) is 56.1 Å². The fraction of sp³-hybridized carbons (Fsp3) is 0.467. The highest BCUT2D eigenvalue weighted by atomic mass is 16.5. The van der Waals surface area contributed by atoms with Gasteiger partial charge in [-0.25, -0.2) is 4.79 Å². The summed E-state index contributed by atoms with van der Waals surface area (Å²) in [6, 6.07) is 6.53. The van der Waals surface area contributed by atoms with Gasteiger partial charge in [0, 0.05) is 30.9 Å². The van der Waals surface area contributed by atoms with E-state index < -0.39 is 0 Å². The van der Waals surface area contributed by atoms with Gasteiger partial charge in [-0.2, -0.15) is 0 Å². The number of ketones is 1. The molecule has 1 aromatic rings. The second kappa shape index (κ2) is 7.19. The molecule has 0 spiro atoms. The van der Waals surface area contributed by atoms with Crippen molar-refractivity contribution in [2.45, 2.75) is 13.0 Å². The molecule has 6 nitrogen and oxygen atoms in total. The molecule has 1 fully saturated rings. The van der Waals surface area contributed by atoms with E-state index in [0.717, 1.165) is 13.1 Å². The lowest BCUT2D eigenvalue weighted by atomic mass is 10.1. The maximum atomic E-state index is 11.8. The third kappa shape index (κ3) is 4.84. The second-order valence-electron chi connectivity index (χ2n) is 5.22. The molecule has 1 saturated heterocycles. The molecule has 0 aromatic heterocycles. The molecule has 1 heterocycles. The first-order valence-electron chi connectivity index (χ1n) is 7.00. The predicted molar refractivity (Wildman–Crippen MR) is 80.7 cm³/mol. The first-order valence-corrected chi connectivity index (χ1v) is 7.00. The van der Waals surface area contributed by atoms with E-state index in [1.165, 1.54) is 6.92 Å². The van der Waals surface area contributed by atoms with Crippen molar-refractivity contribution in [1.82, 2.24) is 10.2 Å². The van der Waals surface area contributed by atoms with E-state index in [4.69, 9.17) is 4.74 Å². The average Bonchev–Trinajstić information content (AvgIpc) is 2.46. The van der Waals surface area contributed by atoms with Crippen molar-refractivity contribution in [3.05, 3.63) is 29.8 Å². The Morgan fingerprint density at radius 2 is 2.05 bits per heavy atom. The average molecular weight is 291 g/mol. The minimum absolute atomic E-state index is 0.00423. The Labute approximate surface area is 124 Å². The van der Waals surface area contributed by atoms with Crippen LogP contribution in [0.5, 0.6) is 0 Å². The summed E-state index contributed by atoms with van der Waals surface area (Å²) in [5, 5.41) is 5.52. The largest absolute Gasteiger partial charge is 0.374 e. The summed E-state index contributed by atoms with van der Waals surface area (Å²) < 4.78 is 5.57. The lowest BCUT2D eigenvalue weighted by Gasteiger charge is -2.30. The Morgan fingerprint density at radius 3 is 2.67 bits per heavy atom. The first kappa shape index (κ1) is 15.5. The van der Waals surface area contributed by atoms with Gasteiger partial charge in [0.1, 0.15) is 0 Å². The van der Waals surface area contributed by atoms with Crippen LogP contribution in [0.2, 0.25) is 0 Å². The van der Waals surface area contributed by atoms with Gasteiger partial charge in [-0.05, 0) is 38.2 Å². The quantitative estimate of drug-likeness (QED) is 0.821. The van der Waals surface area contributed by atoms with E-state index in [2.05, 4.69) is 15.5 Å². The highest BCUT2D eigenvalue weighted by Crippen LogP contribution is 2.10. The SMILES string of the molecule is CC(=O)c1ccc(NC(=O)NCC2CN(C)CCO2)cc1. The molecule has 0 radical (unpaired) electrons. The van der Waals surface area contributed by atoms with E-state index in [-0.39, 0.29) is 17.9 Å². The maximum Gasteiger partial charge on any atom is 0.319 e. The van der Waals surface area contributed by atoms with Gasteiger partial charge < -0.3 is 20.3 Å². The molecule has 2 rings (SSSR count). The number of carbonyl (C=O) groups excluding carboxylic acids is 2. The van der Waals surface area contributed by atoms with Gasteiger partial charge in [0.05, 0.1) is 12.7 Å². The van der Waals surface area contributed by atoms with Crippen LogP contribution >= 0.6 is 0 Å². The van der Waals surface area contributed by atoms with Crippen LogP contribution in [0, 0.1) is 0 Å². The molecule has 21 heavy (non-hydrogen) atoms. The van der Waals surface area contributed by atoms with Crippen molar-refractivity contribution in [3.63, 3.8) is 0 Å². The number of urea groups is 1. The number of carbonyl (C=O) groups is 2. The van der Waals surface area contributed by atoms with Crippen LogP contribution in [-0.2, 0) is 4.74 Å². The molecule has 0 saturated carbocycles. The molecule has 0 aliphatic carbocycles. The van der Waals surface area contributed by atoms with Crippen LogP contribution in [0.4, 0.5) is 10.5 Å². The minimum Gasteiger partial charge on any atom is -0.374 e. The van der Waals surface area contributed by atoms with Crippen molar-refractivity contribution in [2.75, 3.05) is 38.6 Å². The summed E-state index contributed by atoms with van der Waals surface area (Å²) in [6.07, 6.45) is 0.0228. The number of rotatable bonds is 4. The zero-order valence-corrected chi connectivity index (χ0v) is 12.4. The van der Waals surface area contributed by atoms with E-state index in [0.29, 0.717) is 24.4 Å². The van der Waals surface area contributed by atoms with Crippen LogP contribution in [0.25, 0.3) is 0 Å². The Hall–Kier alpha value is -1.92. The molecular weight excluding hydrogens is 270 g/mol. The number of hydrogen-bond acceptors (Lipinski definition) is 4. The van der Waals surface area contributed by atoms with Crippen LogP contribution < -0.4 is 10.6 Å². The zero-order valence-electron chi connectivity index (χ0n) is 12.4. The number of hydrogen-bond donors (Lipinski definition) is 2. The number of ether oxygens (including phenoxy) is 1. The number of likely N-dealkylation sites (N-methyl/N-ethyl adjacent to an activating group) is 1. The lowest BCUT2D eigenvalue weighted by molar-refractivity contribution is -0.0166. The monoisotopic (exact) mass is 291 g/mol. The Balaban J connectivity index is 1.77. The number of nitrogens with zero attached hydrogens (tertiary/aromatic N) is 1. The van der Waals surface area contributed by atoms with Crippen LogP contribution in [0.1, 0.15) is 17.3 Å². The Kier molecular flexibility index (Phi) is 5.30. The van der Waals surface area contributed by atoms with E-state index >= 15 is 0 Å². The van der Waals surface area contributed by atoms with Gasteiger partial charge in [0.2, 0.25) is 0 Å². The van der Waals surface area contributed by atoms with Gasteiger partial charge >= 0.3 is 6.03 Å². The van der Waals surface area contributed by atoms with Gasteiger partial charge in [0.25, 0.3) is 0 Å². The zero-order chi connectivity index (χ0) is 15.2. The van der Waals surface area contributed by atoms with Crippen molar-refractivity contribution >= 4 is 17.5 Å². The summed E-state index contributed by atoms with van der Waals surface area (Å²) in [6.45, 7) is 4.41. The second-order valence-corrected chi connectivity index (χ2v) is 5.22. The summed E-state index contributed by atoms with van der Waals surface area (Å²) in [5.74, 6) is 0.00423. The van der Waals surface area contributed by atoms with E-state index in [9.17, 15) is 9.59 Å². The fourth-order valence-electron chi connectivity index (χ4n) is 2.16. The smallest absolute Gasteiger partial charge is 0.319 e. The van der Waals surface area contributed by atoms with E-state index in [1.54, 1.807) is 24.3 Å². The van der Waals surface area contributed by atoms with Crippen LogP contribution in [0.15, 0.2) is 24.3 Å². The molecule has 1 atom stereocenters. The molecule has 1 aliphatic rings. The lowest BCUT2D eigenvalue weighted by Crippen LogP contribution is -2.46. The van der Waals surface area contributed by atoms with Gasteiger partial charge in [-0.3, -0.25) is 4.79 Å². The minimum atomic E-state index is -0.276. The fourth-order valence-corrected chi connectivity index (χ4v) is 2.16. The van der Waals surface area contributed by atoms with Crippen LogP contribution in [0.3, 0.4) is 0 Å². The maximum absolute atomic E-state index is 11.8. The molecule has 114 valence electrons. The number of Topliss-reactive ketones (excluding diaryl/α,β-unsaturated/α-hetero) is 1. The highest BCUT2D eigenvalue weighted by Gasteiger charge is 2.18. The molecule has 6 heteroatoms. The Bertz CT molecular complexity index is 501. The normalized spacial score (nSPS) is 19.0. The molecule has 2 N–H and O–H groups in total. The topological polar surface area (TPSA) is 70.7 Å². The number of amides is 2. The number of nitrogens with one attached hydrogen (secondary N) is 2. The summed E-state index contributed by atoms with van der Waals surface area (Å²) in [5.41, 5.74) is 1.28. The molecule has 0 bridgehead atoms. The summed E-state index contributed by atoms with van der Waals surface area (Å²) in [4.78, 5) is 25.1. The number of morpholine rings is 1. The summed E-state index contributed by atoms with van der Waals surface area (Å²) in [7, 11) is 2.03. The standard InChI is InChI=1S/C15H21N3O3/c1-11(19)12-3-5-13(6-4-12)17-15(20)16-9-14-10-18(2)7-8-21-14/h3-6,14H,7-10H2,1-2H3,(H2,16,17,20). The van der Waals surface area contributed by atoms with Gasteiger partial charge in [-0.15, -0.1) is 0 Å². The van der Waals surface area contributed by atoms with Gasteiger partial charge in [-0.1, -0.05) is 0 Å². The molecular formula is C15H21N3O3. The highest BCUT2D eigenvalue weighted by molar-refractivity contribution is 5.95. The van der Waals surface area contributed by atoms with Crippen molar-refractivity contribution in [1.29, 1.82) is 0 Å². The summed E-state index contributed by atoms with van der Waals surface area (Å²) >= 11 is 0. The number of benzene rings is 1. The van der Waals surface area contributed by atoms with Gasteiger partial charge in [0.15, 0.2) is 5.78 Å². The molecule has 2 amide bonds. The van der Waals surface area contributed by atoms with Crippen molar-refractivity contribution in [2.24, 2.45) is 0 Å². The molecule has 1 aliphatic heterocycles. The van der Waals surface area contributed by atoms with Crippen molar-refractivity contribution in [3.8, 4) is 0 Å².